The fourth-order valence-electron chi connectivity index (χ4n) is 10.6. The topological polar surface area (TPSA) is 711 Å². The second kappa shape index (κ2) is 36.5. The van der Waals surface area contributed by atoms with E-state index in [4.69, 9.17) is 20.2 Å². The monoisotopic (exact) mass is 1730 g/mol. The molecule has 0 aromatic heterocycles. The van der Waals surface area contributed by atoms with Gasteiger partial charge in [0.25, 0.3) is 30.1 Å². The number of ether oxygens (including phenoxy) is 1. The summed E-state index contributed by atoms with van der Waals surface area (Å²) in [5, 5.41) is 11.9. The van der Waals surface area contributed by atoms with Crippen molar-refractivity contribution < 1.29 is 142 Å². The van der Waals surface area contributed by atoms with Gasteiger partial charge in [-0.15, -0.1) is 0 Å². The minimum atomic E-state index is -5.23. The highest BCUT2D eigenvalue weighted by molar-refractivity contribution is 7.94. The Hall–Kier alpha value is -10.9. The van der Waals surface area contributed by atoms with Crippen LogP contribution in [0.3, 0.4) is 0 Å². The van der Waals surface area contributed by atoms with Crippen molar-refractivity contribution in [2.75, 3.05) is 0 Å². The van der Waals surface area contributed by atoms with E-state index in [0.29, 0.717) is 101 Å². The summed E-state index contributed by atoms with van der Waals surface area (Å²) >= 11 is 0. The summed E-state index contributed by atoms with van der Waals surface area (Å²) in [5.74, 6) is 38.5. The van der Waals surface area contributed by atoms with Crippen LogP contribution in [0, 0.1) is 105 Å². The Bertz CT molecular complexity index is 6200. The van der Waals surface area contributed by atoms with Gasteiger partial charge in [0.05, 0.1) is 58.0 Å². The van der Waals surface area contributed by atoms with Gasteiger partial charge in [0, 0.05) is 136 Å². The van der Waals surface area contributed by atoms with E-state index in [1.165, 1.54) is 6.08 Å². The van der Waals surface area contributed by atoms with Gasteiger partial charge < -0.3 is 71.8 Å². The van der Waals surface area contributed by atoms with E-state index < -0.39 is 148 Å². The van der Waals surface area contributed by atoms with Crippen LogP contribution >= 0.6 is 0 Å². The van der Waals surface area contributed by atoms with Gasteiger partial charge in [0.1, 0.15) is 85.2 Å². The lowest BCUT2D eigenvalue weighted by Crippen LogP contribution is -2.49. The quantitative estimate of drug-likeness (QED) is 0.0477. The van der Waals surface area contributed by atoms with Gasteiger partial charge in [-0.25, -0.2) is 65.9 Å². The van der Waals surface area contributed by atoms with E-state index in [2.05, 4.69) is 129 Å². The summed E-state index contributed by atoms with van der Waals surface area (Å²) in [4.78, 5) is 0. The number of quaternary nitrogens is 6. The molecule has 35 nitrogen and oxygen atoms in total. The zero-order valence-electron chi connectivity index (χ0n) is 58.3. The SMILES string of the molecule is NS(=O)(=O)C#CC#Cc1cc([NH3+])cc(-c2ccc([NH3+])cc2C#CC2=CC[C@H](S(=O)(=O)[O-])[C@H](S(=O)(=O)[O-])C2)c1.NS(=O)(=O)C#CC#Cc1cc([NH3+])cc(-c2ccc([NH3+])cc2C#CC2=CN[C@H](S(=O)(=O)[O-])[C@H](S(=O)(=O)[O-])C2)c1.NS(=O)(=O)C#CC#Cc1cc([NH3+])cc(-c2ccc([NH3+])cc2C#CC2=CO[C@H](S(=O)(=O)[O-])[C@H](S(=O)(=O)[O-])C2)c1. The lowest BCUT2D eigenvalue weighted by molar-refractivity contribution is -0.255. The molecule has 1 aliphatic carbocycles. The van der Waals surface area contributed by atoms with Crippen LogP contribution < -0.4 is 55.1 Å². The van der Waals surface area contributed by atoms with E-state index >= 15 is 0 Å². The predicted octanol–water partition coefficient (Wildman–Crippen LogP) is -5.54. The van der Waals surface area contributed by atoms with E-state index in [9.17, 15) is 103 Å². The van der Waals surface area contributed by atoms with Crippen LogP contribution in [-0.4, -0.2) is 135 Å². The second-order valence-corrected chi connectivity index (χ2v) is 37.5. The predicted molar refractivity (Wildman–Crippen MR) is 403 cm³/mol. The van der Waals surface area contributed by atoms with E-state index in [0.717, 1.165) is 12.5 Å². The molecule has 0 amide bonds. The molecule has 0 bridgehead atoms. The number of hydrogen-bond acceptors (Lipinski definition) is 26. The second-order valence-electron chi connectivity index (χ2n) is 24.3. The number of rotatable bonds is 9. The molecule has 2 heterocycles. The molecule has 44 heteroatoms. The molecule has 3 aliphatic rings. The van der Waals surface area contributed by atoms with E-state index in [1.807, 2.05) is 5.25 Å². The number of benzene rings is 6. The molecule has 6 atom stereocenters. The summed E-state index contributed by atoms with van der Waals surface area (Å²) in [6.45, 7) is 0. The van der Waals surface area contributed by atoms with Crippen molar-refractivity contribution in [3.63, 3.8) is 0 Å². The molecule has 0 radical (unpaired) electrons. The van der Waals surface area contributed by atoms with Gasteiger partial charge in [-0.05, 0) is 124 Å². The molecular formula is C70H60N10O25S9. The third-order valence-electron chi connectivity index (χ3n) is 15.4. The van der Waals surface area contributed by atoms with Gasteiger partial charge in [-0.2, -0.15) is 25.3 Å². The van der Waals surface area contributed by atoms with Crippen LogP contribution in [0.25, 0.3) is 33.4 Å². The maximum absolute atomic E-state index is 11.7. The van der Waals surface area contributed by atoms with Crippen molar-refractivity contribution in [3.05, 3.63) is 178 Å². The first kappa shape index (κ1) is 90.3. The Balaban J connectivity index is 0.000000237. The Morgan fingerprint density at radius 2 is 0.675 bits per heavy atom. The average molecular weight is 1730 g/mol. The maximum atomic E-state index is 11.7. The summed E-state index contributed by atoms with van der Waals surface area (Å²) in [6, 6.07) is 30.6. The first-order chi connectivity index (χ1) is 52.6. The summed E-state index contributed by atoms with van der Waals surface area (Å²) in [7, 11) is -42.8. The Labute approximate surface area is 656 Å². The molecule has 0 saturated heterocycles. The van der Waals surface area contributed by atoms with Crippen molar-refractivity contribution in [2.45, 2.75) is 57.5 Å². The lowest BCUT2D eigenvalue weighted by atomic mass is 9.95. The molecule has 6 aromatic carbocycles. The first-order valence-corrected chi connectivity index (χ1v) is 44.7. The summed E-state index contributed by atoms with van der Waals surface area (Å²) < 4.78 is 277. The largest absolute Gasteiger partial charge is 0.748 e. The van der Waals surface area contributed by atoms with Crippen molar-refractivity contribution in [3.8, 4) is 138 Å². The van der Waals surface area contributed by atoms with Gasteiger partial charge >= 0.3 is 0 Å². The van der Waals surface area contributed by atoms with Gasteiger partial charge in [0.2, 0.25) is 5.44 Å². The summed E-state index contributed by atoms with van der Waals surface area (Å²) in [6.07, 6.45) is 1.14. The van der Waals surface area contributed by atoms with Crippen molar-refractivity contribution in [1.82, 2.24) is 5.32 Å². The highest BCUT2D eigenvalue weighted by Crippen LogP contribution is 2.34. The van der Waals surface area contributed by atoms with Gasteiger partial charge in [0.15, 0.2) is 0 Å². The zero-order chi connectivity index (χ0) is 84.9. The maximum Gasteiger partial charge on any atom is 0.278 e. The molecule has 594 valence electrons. The van der Waals surface area contributed by atoms with E-state index in [-0.39, 0.29) is 16.7 Å². The molecule has 0 unspecified atom stereocenters. The van der Waals surface area contributed by atoms with Gasteiger partial charge in [-0.1, -0.05) is 59.4 Å². The van der Waals surface area contributed by atoms with Crippen molar-refractivity contribution >= 4 is 125 Å². The molecule has 0 fully saturated rings. The van der Waals surface area contributed by atoms with Gasteiger partial charge in [-0.3, -0.25) is 0 Å². The molecular weight excluding hydrogens is 1670 g/mol. The van der Waals surface area contributed by atoms with Crippen molar-refractivity contribution in [1.29, 1.82) is 0 Å². The number of allylic oxidation sites excluding steroid dienone is 4. The van der Waals surface area contributed by atoms with Crippen LogP contribution in [-0.2, 0) is 95.5 Å². The highest BCUT2D eigenvalue weighted by Gasteiger charge is 2.38. The van der Waals surface area contributed by atoms with Crippen LogP contribution in [0.4, 0.5) is 34.1 Å². The smallest absolute Gasteiger partial charge is 0.278 e. The standard InChI is InChI=1S/C24H21N3O8S3.C23H20N4O8S3.C23H19N3O9S3/c25-20-7-8-22(19-11-17(12-21(26)15-19)3-1-2-10-36(27,28)29)18(14-20)6-4-16-5-9-23(37(30,31)32)24(13-16)38(33,34)35;24-19-6-7-21(18-9-15(10-20(25)13-18)3-1-2-8-36(26,28)29)17(12-19)5-4-16-11-22(37(30,31)32)23(27-14-16)38(33,34)35;24-19-6-7-21(18-9-15(10-20(25)13-18)3-1-2-8-36(26,27)28)17(12-19)5-4-16-11-22(37(29,30)31)23(35-14-16)38(32,33)34/h5,7-8,11-12,14-15,23-24H,9,13,25-26H2,(H2,27,28,29)(H,30,31,32)(H,33,34,35);6-7,9-10,12-14,22-23,27H,11,24-25H2,(H2,26,28,29)(H,30,31,32)(H,33,34,35);6-7,9-10,12-14,22-23H,11,24-25H2,(H2,26,27,28)(H,29,30,31)(H,32,33,34)/t23-,24+;2*22-,23-/m011/s1. The first-order valence-electron chi connectivity index (χ1n) is 31.3. The molecule has 0 saturated carbocycles. The Kier molecular flexibility index (Phi) is 28.9. The van der Waals surface area contributed by atoms with Crippen molar-refractivity contribution in [2.24, 2.45) is 15.4 Å². The number of primary sulfonamides is 3. The third-order valence-corrected chi connectivity index (χ3v) is 24.0. The normalized spacial score (nSPS) is 17.4. The van der Waals surface area contributed by atoms with Crippen LogP contribution in [0.5, 0.6) is 0 Å². The van der Waals surface area contributed by atoms with E-state index in [1.54, 1.807) is 120 Å². The Morgan fingerprint density at radius 3 is 1.01 bits per heavy atom. The van der Waals surface area contributed by atoms with Crippen LogP contribution in [0.15, 0.2) is 144 Å². The molecule has 25 N–H and O–H groups in total. The zero-order valence-corrected chi connectivity index (χ0v) is 65.6. The fraction of sp³-hybridized carbons (Fsp3) is 0.143. The summed E-state index contributed by atoms with van der Waals surface area (Å²) in [5.41, 5.74) is 31.4. The number of nitrogens with two attached hydrogens (primary N) is 3. The van der Waals surface area contributed by atoms with Crippen LogP contribution in [0.1, 0.15) is 59.1 Å². The third kappa shape index (κ3) is 28.0. The Morgan fingerprint density at radius 1 is 0.342 bits per heavy atom. The number of nitrogens with one attached hydrogen (secondary N) is 1. The number of sulfonamides is 3. The minimum absolute atomic E-state index is 0.0133. The molecule has 114 heavy (non-hydrogen) atoms. The average Bonchev–Trinajstić information content (AvgIpc) is 0.801. The molecule has 6 aromatic rings. The molecule has 0 spiro atoms. The van der Waals surface area contributed by atoms with Crippen LogP contribution in [0.2, 0.25) is 0 Å². The lowest BCUT2D eigenvalue weighted by Gasteiger charge is -2.34. The molecule has 9 rings (SSSR count). The molecule has 2 aliphatic heterocycles. The highest BCUT2D eigenvalue weighted by atomic mass is 32.3. The fourth-order valence-corrected chi connectivity index (χ4v) is 18.2. The minimum Gasteiger partial charge on any atom is -0.748 e. The number of hydrogen-bond donors (Lipinski definition) is 10.